The van der Waals surface area contributed by atoms with E-state index in [0.717, 1.165) is 47.3 Å². The van der Waals surface area contributed by atoms with Crippen molar-refractivity contribution in [2.24, 2.45) is 0 Å². The van der Waals surface area contributed by atoms with Gasteiger partial charge in [0, 0.05) is 24.2 Å². The second-order valence-electron chi connectivity index (χ2n) is 5.40. The third-order valence-electron chi connectivity index (χ3n) is 3.55. The first-order valence-corrected chi connectivity index (χ1v) is 7.25. The molecule has 0 aliphatic heterocycles. The van der Waals surface area contributed by atoms with Crippen LogP contribution in [-0.4, -0.2) is 21.7 Å². The minimum absolute atomic E-state index is 0.597. The van der Waals surface area contributed by atoms with Gasteiger partial charge in [0.2, 0.25) is 0 Å². The van der Waals surface area contributed by atoms with Crippen LogP contribution in [0.3, 0.4) is 0 Å². The molecule has 1 N–H and O–H groups in total. The number of anilines is 1. The zero-order valence-electron chi connectivity index (χ0n) is 12.2. The van der Waals surface area contributed by atoms with E-state index >= 15 is 0 Å². The molecule has 0 atom stereocenters. The van der Waals surface area contributed by atoms with Gasteiger partial charge in [0.1, 0.15) is 11.6 Å². The predicted octanol–water partition coefficient (Wildman–Crippen LogP) is 3.45. The fourth-order valence-corrected chi connectivity index (χ4v) is 2.31. The first kappa shape index (κ1) is 13.1. The molecule has 1 fully saturated rings. The van der Waals surface area contributed by atoms with E-state index in [-0.39, 0.29) is 0 Å². The van der Waals surface area contributed by atoms with Crippen LogP contribution in [0.15, 0.2) is 10.6 Å². The molecule has 1 saturated carbocycles. The summed E-state index contributed by atoms with van der Waals surface area (Å²) in [5.74, 6) is 3.00. The van der Waals surface area contributed by atoms with Gasteiger partial charge in [0.05, 0.1) is 11.3 Å². The molecular formula is C15H20N4O. The molecule has 0 aromatic carbocycles. The molecule has 20 heavy (non-hydrogen) atoms. The van der Waals surface area contributed by atoms with Gasteiger partial charge in [-0.15, -0.1) is 0 Å². The summed E-state index contributed by atoms with van der Waals surface area (Å²) in [7, 11) is 0. The van der Waals surface area contributed by atoms with Crippen molar-refractivity contribution in [3.05, 3.63) is 23.2 Å². The van der Waals surface area contributed by atoms with Crippen LogP contribution >= 0.6 is 0 Å². The van der Waals surface area contributed by atoms with Gasteiger partial charge in [-0.25, -0.2) is 9.97 Å². The molecule has 5 heteroatoms. The van der Waals surface area contributed by atoms with Gasteiger partial charge in [0.15, 0.2) is 5.82 Å². The average Bonchev–Trinajstić information content (AvgIpc) is 3.23. The lowest BCUT2D eigenvalue weighted by Crippen LogP contribution is -2.05. The molecule has 0 unspecified atom stereocenters. The number of nitrogens with zero attached hydrogens (tertiary/aromatic N) is 3. The first-order valence-electron chi connectivity index (χ1n) is 7.25. The SMILES string of the molecule is CCCNc1cc(C2CC2)nc(-c2c(C)noc2C)n1. The number of hydrogen-bond donors (Lipinski definition) is 1. The van der Waals surface area contributed by atoms with E-state index in [0.29, 0.717) is 5.92 Å². The van der Waals surface area contributed by atoms with E-state index < -0.39 is 0 Å². The second-order valence-corrected chi connectivity index (χ2v) is 5.40. The summed E-state index contributed by atoms with van der Waals surface area (Å²) in [6.07, 6.45) is 3.53. The number of aryl methyl sites for hydroxylation is 2. The van der Waals surface area contributed by atoms with Gasteiger partial charge in [0.25, 0.3) is 0 Å². The van der Waals surface area contributed by atoms with Crippen LogP contribution in [-0.2, 0) is 0 Å². The summed E-state index contributed by atoms with van der Waals surface area (Å²) >= 11 is 0. The molecule has 0 bridgehead atoms. The molecule has 106 valence electrons. The largest absolute Gasteiger partial charge is 0.370 e. The molecule has 2 heterocycles. The van der Waals surface area contributed by atoms with Crippen LogP contribution in [0.1, 0.15) is 49.3 Å². The Morgan fingerprint density at radius 1 is 1.30 bits per heavy atom. The van der Waals surface area contributed by atoms with E-state index in [4.69, 9.17) is 9.51 Å². The highest BCUT2D eigenvalue weighted by atomic mass is 16.5. The van der Waals surface area contributed by atoms with Gasteiger partial charge in [-0.3, -0.25) is 0 Å². The molecular weight excluding hydrogens is 252 g/mol. The molecule has 1 aliphatic carbocycles. The zero-order chi connectivity index (χ0) is 14.1. The first-order chi connectivity index (χ1) is 9.69. The zero-order valence-corrected chi connectivity index (χ0v) is 12.2. The highest BCUT2D eigenvalue weighted by Crippen LogP contribution is 2.40. The molecule has 1 aliphatic rings. The van der Waals surface area contributed by atoms with Gasteiger partial charge in [-0.1, -0.05) is 12.1 Å². The Balaban J connectivity index is 2.02. The Morgan fingerprint density at radius 3 is 2.70 bits per heavy atom. The van der Waals surface area contributed by atoms with Crippen molar-refractivity contribution in [2.45, 2.75) is 46.0 Å². The Hall–Kier alpha value is -1.91. The molecule has 0 radical (unpaired) electrons. The van der Waals surface area contributed by atoms with Crippen molar-refractivity contribution in [2.75, 3.05) is 11.9 Å². The standard InChI is InChI=1S/C15H20N4O/c1-4-7-16-13-8-12(11-5-6-11)17-15(18-13)14-9(2)19-20-10(14)3/h8,11H,4-7H2,1-3H3,(H,16,17,18). The highest BCUT2D eigenvalue weighted by Gasteiger charge is 2.27. The van der Waals surface area contributed by atoms with Crippen LogP contribution < -0.4 is 5.32 Å². The summed E-state index contributed by atoms with van der Waals surface area (Å²) in [5, 5.41) is 7.36. The van der Waals surface area contributed by atoms with Gasteiger partial charge in [-0.2, -0.15) is 0 Å². The van der Waals surface area contributed by atoms with E-state index in [9.17, 15) is 0 Å². The van der Waals surface area contributed by atoms with Gasteiger partial charge < -0.3 is 9.84 Å². The molecule has 0 saturated heterocycles. The maximum atomic E-state index is 5.24. The van der Waals surface area contributed by atoms with Crippen molar-refractivity contribution in [1.29, 1.82) is 0 Å². The predicted molar refractivity (Wildman–Crippen MR) is 77.8 cm³/mol. The average molecular weight is 272 g/mol. The number of aromatic nitrogens is 3. The van der Waals surface area contributed by atoms with Crippen molar-refractivity contribution in [3.63, 3.8) is 0 Å². The van der Waals surface area contributed by atoms with Crippen molar-refractivity contribution in [3.8, 4) is 11.4 Å². The highest BCUT2D eigenvalue weighted by molar-refractivity contribution is 5.62. The fourth-order valence-electron chi connectivity index (χ4n) is 2.31. The summed E-state index contributed by atoms with van der Waals surface area (Å²) in [6.45, 7) is 6.90. The normalized spacial score (nSPS) is 14.6. The fraction of sp³-hybridized carbons (Fsp3) is 0.533. The van der Waals surface area contributed by atoms with Crippen LogP contribution in [0.4, 0.5) is 5.82 Å². The molecule has 2 aromatic rings. The van der Waals surface area contributed by atoms with Crippen LogP contribution in [0.5, 0.6) is 0 Å². The molecule has 2 aromatic heterocycles. The minimum atomic E-state index is 0.597. The Kier molecular flexibility index (Phi) is 3.42. The third kappa shape index (κ3) is 2.53. The Labute approximate surface area is 118 Å². The third-order valence-corrected chi connectivity index (χ3v) is 3.55. The number of nitrogens with one attached hydrogen (secondary N) is 1. The lowest BCUT2D eigenvalue weighted by atomic mass is 10.1. The minimum Gasteiger partial charge on any atom is -0.370 e. The van der Waals surface area contributed by atoms with Crippen LogP contribution in [0, 0.1) is 13.8 Å². The second kappa shape index (κ2) is 5.23. The Bertz CT molecular complexity index is 597. The van der Waals surface area contributed by atoms with Crippen LogP contribution in [0.2, 0.25) is 0 Å². The summed E-state index contributed by atoms with van der Waals surface area (Å²) in [4.78, 5) is 9.34. The topological polar surface area (TPSA) is 63.8 Å². The number of rotatable bonds is 5. The molecule has 0 spiro atoms. The maximum Gasteiger partial charge on any atom is 0.167 e. The van der Waals surface area contributed by atoms with Crippen LogP contribution in [0.25, 0.3) is 11.4 Å². The smallest absolute Gasteiger partial charge is 0.167 e. The van der Waals surface area contributed by atoms with E-state index in [2.05, 4.69) is 28.4 Å². The van der Waals surface area contributed by atoms with Crippen molar-refractivity contribution in [1.82, 2.24) is 15.1 Å². The monoisotopic (exact) mass is 272 g/mol. The number of hydrogen-bond acceptors (Lipinski definition) is 5. The maximum absolute atomic E-state index is 5.24. The summed E-state index contributed by atoms with van der Waals surface area (Å²) in [6, 6.07) is 2.08. The Morgan fingerprint density at radius 2 is 2.10 bits per heavy atom. The van der Waals surface area contributed by atoms with Gasteiger partial charge in [-0.05, 0) is 33.1 Å². The van der Waals surface area contributed by atoms with Gasteiger partial charge >= 0.3 is 0 Å². The molecule has 3 rings (SSSR count). The molecule has 0 amide bonds. The summed E-state index contributed by atoms with van der Waals surface area (Å²) in [5.41, 5.74) is 2.90. The van der Waals surface area contributed by atoms with Crippen molar-refractivity contribution >= 4 is 5.82 Å². The quantitative estimate of drug-likeness (QED) is 0.903. The lowest BCUT2D eigenvalue weighted by Gasteiger charge is -2.09. The molecule has 5 nitrogen and oxygen atoms in total. The van der Waals surface area contributed by atoms with E-state index in [1.165, 1.54) is 12.8 Å². The lowest BCUT2D eigenvalue weighted by molar-refractivity contribution is 0.393. The van der Waals surface area contributed by atoms with E-state index in [1.807, 2.05) is 13.8 Å². The van der Waals surface area contributed by atoms with Crippen molar-refractivity contribution < 1.29 is 4.52 Å². The van der Waals surface area contributed by atoms with E-state index in [1.54, 1.807) is 0 Å². The summed E-state index contributed by atoms with van der Waals surface area (Å²) < 4.78 is 5.24.